The summed E-state index contributed by atoms with van der Waals surface area (Å²) in [7, 11) is 0. The largest absolute Gasteiger partial charge is 0.302 e. The van der Waals surface area contributed by atoms with Gasteiger partial charge in [-0.05, 0) is 25.3 Å². The number of aromatic nitrogens is 1. The van der Waals surface area contributed by atoms with Crippen molar-refractivity contribution >= 4 is 22.4 Å². The van der Waals surface area contributed by atoms with Crippen LogP contribution in [-0.4, -0.2) is 22.3 Å². The van der Waals surface area contributed by atoms with Crippen molar-refractivity contribution in [1.82, 2.24) is 9.88 Å². The number of hydrogen-bond donors (Lipinski definition) is 1. The minimum absolute atomic E-state index is 0.156. The van der Waals surface area contributed by atoms with Gasteiger partial charge in [0.15, 0.2) is 5.13 Å². The highest BCUT2D eigenvalue weighted by Gasteiger charge is 2.27. The van der Waals surface area contributed by atoms with Crippen molar-refractivity contribution in [2.45, 2.75) is 45.7 Å². The van der Waals surface area contributed by atoms with Crippen LogP contribution in [0.15, 0.2) is 24.3 Å². The molecule has 1 saturated carbocycles. The van der Waals surface area contributed by atoms with E-state index in [0.29, 0.717) is 0 Å². The zero-order valence-electron chi connectivity index (χ0n) is 14.0. The Labute approximate surface area is 146 Å². The molecule has 2 heterocycles. The lowest BCUT2D eigenvalue weighted by molar-refractivity contribution is -0.122. The molecule has 5 heteroatoms. The van der Waals surface area contributed by atoms with E-state index in [9.17, 15) is 4.79 Å². The first-order chi connectivity index (χ1) is 11.7. The number of fused-ring (bicyclic) bond motifs is 1. The van der Waals surface area contributed by atoms with Gasteiger partial charge in [0, 0.05) is 36.9 Å². The first-order valence-corrected chi connectivity index (χ1v) is 9.56. The summed E-state index contributed by atoms with van der Waals surface area (Å²) in [5, 5.41) is 3.81. The number of amides is 1. The van der Waals surface area contributed by atoms with Crippen LogP contribution in [0.4, 0.5) is 5.13 Å². The molecule has 0 radical (unpaired) electrons. The highest BCUT2D eigenvalue weighted by atomic mass is 32.1. The maximum atomic E-state index is 12.1. The molecule has 0 unspecified atom stereocenters. The fourth-order valence-corrected chi connectivity index (χ4v) is 4.44. The lowest BCUT2D eigenvalue weighted by atomic mass is 9.85. The van der Waals surface area contributed by atoms with E-state index >= 15 is 0 Å². The Morgan fingerprint density at radius 1 is 1.42 bits per heavy atom. The average molecular weight is 341 g/mol. The SMILES string of the molecule is Cc1cccc(CN2CCc3nc(NC(=O)C4CCC4)sc3C2)c1. The normalized spacial score (nSPS) is 18.0. The molecule has 1 aromatic carbocycles. The number of thiazole rings is 1. The van der Waals surface area contributed by atoms with Gasteiger partial charge < -0.3 is 5.32 Å². The lowest BCUT2D eigenvalue weighted by Gasteiger charge is -2.25. The zero-order chi connectivity index (χ0) is 16.5. The van der Waals surface area contributed by atoms with Gasteiger partial charge in [-0.1, -0.05) is 36.2 Å². The summed E-state index contributed by atoms with van der Waals surface area (Å²) in [5.41, 5.74) is 3.84. The van der Waals surface area contributed by atoms with Crippen LogP contribution in [0.5, 0.6) is 0 Å². The number of anilines is 1. The fraction of sp³-hybridized carbons (Fsp3) is 0.474. The Bertz CT molecular complexity index is 751. The number of aryl methyl sites for hydroxylation is 1. The molecule has 1 aromatic heterocycles. The number of nitrogens with zero attached hydrogens (tertiary/aromatic N) is 2. The van der Waals surface area contributed by atoms with Crippen molar-refractivity contribution < 1.29 is 4.79 Å². The third kappa shape index (κ3) is 3.37. The van der Waals surface area contributed by atoms with Crippen LogP contribution in [0.25, 0.3) is 0 Å². The van der Waals surface area contributed by atoms with E-state index in [1.807, 2.05) is 0 Å². The van der Waals surface area contributed by atoms with Crippen LogP contribution in [0.2, 0.25) is 0 Å². The summed E-state index contributed by atoms with van der Waals surface area (Å²) in [6.45, 7) is 5.07. The van der Waals surface area contributed by atoms with Gasteiger partial charge in [0.1, 0.15) is 0 Å². The molecule has 0 bridgehead atoms. The number of carbonyl (C=O) groups excluding carboxylic acids is 1. The van der Waals surface area contributed by atoms with Crippen molar-refractivity contribution in [1.29, 1.82) is 0 Å². The van der Waals surface area contributed by atoms with Gasteiger partial charge in [-0.3, -0.25) is 9.69 Å². The Morgan fingerprint density at radius 3 is 3.04 bits per heavy atom. The standard InChI is InChI=1S/C19H23N3OS/c1-13-4-2-5-14(10-13)11-22-9-8-16-17(12-22)24-19(20-16)21-18(23)15-6-3-7-15/h2,4-5,10,15H,3,6-9,11-12H2,1H3,(H,20,21,23). The summed E-state index contributed by atoms with van der Waals surface area (Å²) in [6, 6.07) is 8.71. The monoisotopic (exact) mass is 341 g/mol. The molecule has 1 aliphatic carbocycles. The summed E-state index contributed by atoms with van der Waals surface area (Å²) in [5.74, 6) is 0.368. The van der Waals surface area contributed by atoms with Crippen molar-refractivity contribution in [3.05, 3.63) is 46.0 Å². The maximum absolute atomic E-state index is 12.1. The highest BCUT2D eigenvalue weighted by Crippen LogP contribution is 2.31. The second kappa shape index (κ2) is 6.65. The molecule has 0 saturated heterocycles. The van der Waals surface area contributed by atoms with E-state index in [2.05, 4.69) is 46.4 Å². The summed E-state index contributed by atoms with van der Waals surface area (Å²) in [6.07, 6.45) is 4.21. The molecule has 1 fully saturated rings. The molecule has 24 heavy (non-hydrogen) atoms. The number of hydrogen-bond acceptors (Lipinski definition) is 4. The van der Waals surface area contributed by atoms with Crippen LogP contribution >= 0.6 is 11.3 Å². The van der Waals surface area contributed by atoms with Gasteiger partial charge in [0.2, 0.25) is 5.91 Å². The van der Waals surface area contributed by atoms with E-state index in [1.165, 1.54) is 28.1 Å². The molecule has 0 spiro atoms. The van der Waals surface area contributed by atoms with E-state index in [-0.39, 0.29) is 11.8 Å². The van der Waals surface area contributed by atoms with Crippen LogP contribution < -0.4 is 5.32 Å². The van der Waals surface area contributed by atoms with Crippen LogP contribution in [-0.2, 0) is 24.3 Å². The van der Waals surface area contributed by atoms with Crippen LogP contribution in [0, 0.1) is 12.8 Å². The Hall–Kier alpha value is -1.72. The van der Waals surface area contributed by atoms with Crippen molar-refractivity contribution in [3.63, 3.8) is 0 Å². The van der Waals surface area contributed by atoms with Gasteiger partial charge >= 0.3 is 0 Å². The number of benzene rings is 1. The molecule has 4 nitrogen and oxygen atoms in total. The molecule has 2 aliphatic rings. The molecule has 4 rings (SSSR count). The van der Waals surface area contributed by atoms with Crippen LogP contribution in [0.3, 0.4) is 0 Å². The molecular weight excluding hydrogens is 318 g/mol. The topological polar surface area (TPSA) is 45.2 Å². The quantitative estimate of drug-likeness (QED) is 0.921. The third-order valence-electron chi connectivity index (χ3n) is 5.01. The molecule has 126 valence electrons. The average Bonchev–Trinajstić information content (AvgIpc) is 2.86. The van der Waals surface area contributed by atoms with E-state index in [0.717, 1.165) is 44.0 Å². The minimum atomic E-state index is 0.156. The predicted octanol–water partition coefficient (Wildman–Crippen LogP) is 3.75. The minimum Gasteiger partial charge on any atom is -0.302 e. The second-order valence-corrected chi connectivity index (χ2v) is 8.04. The molecule has 1 N–H and O–H groups in total. The Balaban J connectivity index is 1.40. The highest BCUT2D eigenvalue weighted by molar-refractivity contribution is 7.15. The van der Waals surface area contributed by atoms with Gasteiger partial charge in [-0.2, -0.15) is 0 Å². The Morgan fingerprint density at radius 2 is 2.29 bits per heavy atom. The number of nitrogens with one attached hydrogen (secondary N) is 1. The zero-order valence-corrected chi connectivity index (χ0v) is 14.9. The number of carbonyl (C=O) groups is 1. The van der Waals surface area contributed by atoms with Gasteiger partial charge in [-0.25, -0.2) is 4.98 Å². The molecular formula is C19H23N3OS. The predicted molar refractivity (Wildman–Crippen MR) is 97.1 cm³/mol. The van der Waals surface area contributed by atoms with Crippen LogP contribution in [0.1, 0.15) is 41.0 Å². The molecule has 1 amide bonds. The van der Waals surface area contributed by atoms with E-state index in [1.54, 1.807) is 11.3 Å². The smallest absolute Gasteiger partial charge is 0.229 e. The lowest BCUT2D eigenvalue weighted by Crippen LogP contribution is -2.29. The first-order valence-electron chi connectivity index (χ1n) is 8.75. The maximum Gasteiger partial charge on any atom is 0.229 e. The van der Waals surface area contributed by atoms with Crippen molar-refractivity contribution in [2.75, 3.05) is 11.9 Å². The summed E-state index contributed by atoms with van der Waals surface area (Å²) < 4.78 is 0. The van der Waals surface area contributed by atoms with Gasteiger partial charge in [0.05, 0.1) is 5.69 Å². The number of rotatable bonds is 4. The van der Waals surface area contributed by atoms with Gasteiger partial charge in [0.25, 0.3) is 0 Å². The van der Waals surface area contributed by atoms with Crippen molar-refractivity contribution in [2.24, 2.45) is 5.92 Å². The van der Waals surface area contributed by atoms with Gasteiger partial charge in [-0.15, -0.1) is 11.3 Å². The Kier molecular flexibility index (Phi) is 4.37. The first kappa shape index (κ1) is 15.8. The van der Waals surface area contributed by atoms with Crippen molar-refractivity contribution in [3.8, 4) is 0 Å². The summed E-state index contributed by atoms with van der Waals surface area (Å²) >= 11 is 1.65. The van der Waals surface area contributed by atoms with E-state index in [4.69, 9.17) is 0 Å². The molecule has 2 aromatic rings. The fourth-order valence-electron chi connectivity index (χ4n) is 3.38. The third-order valence-corrected chi connectivity index (χ3v) is 6.00. The van der Waals surface area contributed by atoms with E-state index < -0.39 is 0 Å². The molecule has 1 aliphatic heterocycles. The molecule has 0 atom stereocenters. The second-order valence-electron chi connectivity index (χ2n) is 6.96. The summed E-state index contributed by atoms with van der Waals surface area (Å²) in [4.78, 5) is 20.5.